The monoisotopic (exact) mass is 400 g/mol. The smallest absolute Gasteiger partial charge is 0.307 e. The van der Waals surface area contributed by atoms with Crippen molar-refractivity contribution in [3.63, 3.8) is 0 Å². The number of carbonyl (C=O) groups excluding carboxylic acids is 2. The fourth-order valence-electron chi connectivity index (χ4n) is 2.59. The second-order valence-corrected chi connectivity index (χ2v) is 6.31. The van der Waals surface area contributed by atoms with E-state index >= 15 is 0 Å². The second-order valence-electron chi connectivity index (χ2n) is 5.92. The van der Waals surface area contributed by atoms with Crippen LogP contribution >= 0.6 is 12.2 Å². The molecule has 28 heavy (non-hydrogen) atoms. The van der Waals surface area contributed by atoms with Gasteiger partial charge in [-0.05, 0) is 36.8 Å². The summed E-state index contributed by atoms with van der Waals surface area (Å²) in [5.41, 5.74) is 1.40. The van der Waals surface area contributed by atoms with Gasteiger partial charge in [0, 0.05) is 13.1 Å². The number of para-hydroxylation sites is 1. The first-order valence-electron chi connectivity index (χ1n) is 8.98. The first-order valence-corrected chi connectivity index (χ1v) is 9.38. The van der Waals surface area contributed by atoms with Crippen LogP contribution in [0.3, 0.4) is 0 Å². The summed E-state index contributed by atoms with van der Waals surface area (Å²) in [6, 6.07) is 16.6. The van der Waals surface area contributed by atoms with Crippen LogP contribution in [0.4, 0.5) is 0 Å². The largest absolute Gasteiger partial charge is 0.496 e. The lowest BCUT2D eigenvalue weighted by Gasteiger charge is -2.25. The molecular weight excluding hydrogens is 376 g/mol. The number of nitrogens with zero attached hydrogens (tertiary/aromatic N) is 1. The van der Waals surface area contributed by atoms with E-state index in [0.29, 0.717) is 31.0 Å². The van der Waals surface area contributed by atoms with E-state index < -0.39 is 0 Å². The van der Waals surface area contributed by atoms with Gasteiger partial charge in [-0.3, -0.25) is 14.9 Å². The first-order chi connectivity index (χ1) is 13.5. The van der Waals surface area contributed by atoms with E-state index in [2.05, 4.69) is 5.32 Å². The average molecular weight is 401 g/mol. The Morgan fingerprint density at radius 1 is 1.07 bits per heavy atom. The Kier molecular flexibility index (Phi) is 8.42. The lowest BCUT2D eigenvalue weighted by atomic mass is 10.2. The van der Waals surface area contributed by atoms with Gasteiger partial charge in [-0.1, -0.05) is 42.5 Å². The molecule has 0 radical (unpaired) electrons. The zero-order chi connectivity index (χ0) is 20.4. The van der Waals surface area contributed by atoms with E-state index in [1.807, 2.05) is 30.3 Å². The lowest BCUT2D eigenvalue weighted by molar-refractivity contribution is -0.143. The molecule has 6 nitrogen and oxygen atoms in total. The molecule has 0 aliphatic rings. The zero-order valence-corrected chi connectivity index (χ0v) is 16.8. The number of benzene rings is 2. The molecule has 148 valence electrons. The maximum absolute atomic E-state index is 12.6. The summed E-state index contributed by atoms with van der Waals surface area (Å²) in [4.78, 5) is 26.2. The second kappa shape index (κ2) is 11.0. The maximum Gasteiger partial charge on any atom is 0.307 e. The Morgan fingerprint density at radius 2 is 1.75 bits per heavy atom. The number of hydrogen-bond acceptors (Lipinski definition) is 5. The van der Waals surface area contributed by atoms with E-state index in [1.54, 1.807) is 36.1 Å². The molecule has 7 heteroatoms. The third-order valence-corrected chi connectivity index (χ3v) is 4.33. The van der Waals surface area contributed by atoms with Crippen molar-refractivity contribution in [2.45, 2.75) is 19.9 Å². The molecular formula is C21H24N2O4S. The van der Waals surface area contributed by atoms with Gasteiger partial charge in [-0.2, -0.15) is 0 Å². The number of thiocarbonyl (C=S) groups is 1. The van der Waals surface area contributed by atoms with Crippen LogP contribution in [0.15, 0.2) is 54.6 Å². The van der Waals surface area contributed by atoms with Gasteiger partial charge in [0.15, 0.2) is 5.11 Å². The molecule has 1 amide bonds. The van der Waals surface area contributed by atoms with Crippen LogP contribution in [0.5, 0.6) is 5.75 Å². The van der Waals surface area contributed by atoms with Gasteiger partial charge >= 0.3 is 5.97 Å². The van der Waals surface area contributed by atoms with Crippen LogP contribution in [-0.4, -0.2) is 42.2 Å². The molecule has 0 spiro atoms. The van der Waals surface area contributed by atoms with Crippen molar-refractivity contribution in [3.8, 4) is 5.75 Å². The van der Waals surface area contributed by atoms with Crippen molar-refractivity contribution < 1.29 is 19.1 Å². The number of nitrogens with one attached hydrogen (secondary N) is 1. The van der Waals surface area contributed by atoms with Crippen molar-refractivity contribution in [2.24, 2.45) is 0 Å². The van der Waals surface area contributed by atoms with Gasteiger partial charge in [0.05, 0.1) is 25.7 Å². The number of hydrogen-bond donors (Lipinski definition) is 1. The minimum Gasteiger partial charge on any atom is -0.496 e. The van der Waals surface area contributed by atoms with E-state index in [-0.39, 0.29) is 23.4 Å². The SMILES string of the molecule is CCOC(=O)CCN(Cc1ccccc1)C(=S)NC(=O)c1ccccc1OC. The Hall–Kier alpha value is -2.93. The molecule has 2 aromatic carbocycles. The number of ether oxygens (including phenoxy) is 2. The van der Waals surface area contributed by atoms with Crippen LogP contribution in [-0.2, 0) is 16.1 Å². The van der Waals surface area contributed by atoms with E-state index in [4.69, 9.17) is 21.7 Å². The summed E-state index contributed by atoms with van der Waals surface area (Å²) in [6.07, 6.45) is 0.172. The van der Waals surface area contributed by atoms with Gasteiger partial charge in [-0.15, -0.1) is 0 Å². The van der Waals surface area contributed by atoms with Crippen molar-refractivity contribution >= 4 is 29.2 Å². The van der Waals surface area contributed by atoms with Crippen molar-refractivity contribution in [2.75, 3.05) is 20.3 Å². The van der Waals surface area contributed by atoms with Crippen LogP contribution in [0.1, 0.15) is 29.3 Å². The van der Waals surface area contributed by atoms with Crippen LogP contribution in [0, 0.1) is 0 Å². The fourth-order valence-corrected chi connectivity index (χ4v) is 2.84. The summed E-state index contributed by atoms with van der Waals surface area (Å²) in [6.45, 7) is 2.88. The molecule has 0 aliphatic heterocycles. The molecule has 0 atom stereocenters. The van der Waals surface area contributed by atoms with Crippen LogP contribution in [0.25, 0.3) is 0 Å². The topological polar surface area (TPSA) is 67.9 Å². The number of carbonyl (C=O) groups is 2. The van der Waals surface area contributed by atoms with Gasteiger partial charge in [0.2, 0.25) is 0 Å². The normalized spacial score (nSPS) is 10.1. The summed E-state index contributed by atoms with van der Waals surface area (Å²) >= 11 is 5.45. The average Bonchev–Trinajstić information content (AvgIpc) is 2.71. The number of esters is 1. The maximum atomic E-state index is 12.6. The summed E-state index contributed by atoms with van der Waals surface area (Å²) in [5, 5.41) is 2.97. The Balaban J connectivity index is 2.10. The number of rotatable bonds is 8. The predicted molar refractivity (Wildman–Crippen MR) is 111 cm³/mol. The molecule has 0 heterocycles. The third kappa shape index (κ3) is 6.35. The van der Waals surface area contributed by atoms with E-state index in [0.717, 1.165) is 5.56 Å². The minimum atomic E-state index is -0.364. The minimum absolute atomic E-state index is 0.172. The van der Waals surface area contributed by atoms with Gasteiger partial charge < -0.3 is 14.4 Å². The van der Waals surface area contributed by atoms with Crippen molar-refractivity contribution in [1.82, 2.24) is 10.2 Å². The molecule has 0 unspecified atom stereocenters. The highest BCUT2D eigenvalue weighted by molar-refractivity contribution is 7.80. The van der Waals surface area contributed by atoms with Gasteiger partial charge in [0.25, 0.3) is 5.91 Å². The third-order valence-electron chi connectivity index (χ3n) is 3.97. The summed E-state index contributed by atoms with van der Waals surface area (Å²) in [5.74, 6) is -0.208. The van der Waals surface area contributed by atoms with Crippen molar-refractivity contribution in [1.29, 1.82) is 0 Å². The van der Waals surface area contributed by atoms with Gasteiger partial charge in [-0.25, -0.2) is 0 Å². The highest BCUT2D eigenvalue weighted by atomic mass is 32.1. The molecule has 0 aliphatic carbocycles. The standard InChI is InChI=1S/C21H24N2O4S/c1-3-27-19(24)13-14-23(15-16-9-5-4-6-10-16)21(28)22-20(25)17-11-7-8-12-18(17)26-2/h4-12H,3,13-15H2,1-2H3,(H,22,25,28). The Labute approximate surface area is 170 Å². The first kappa shape index (κ1) is 21.4. The van der Waals surface area contributed by atoms with Crippen LogP contribution in [0.2, 0.25) is 0 Å². The molecule has 0 bridgehead atoms. The van der Waals surface area contributed by atoms with Crippen molar-refractivity contribution in [3.05, 3.63) is 65.7 Å². The number of methoxy groups -OCH3 is 1. The van der Waals surface area contributed by atoms with Crippen LogP contribution < -0.4 is 10.1 Å². The molecule has 2 aromatic rings. The fraction of sp³-hybridized carbons (Fsp3) is 0.286. The van der Waals surface area contributed by atoms with E-state index in [9.17, 15) is 9.59 Å². The molecule has 2 rings (SSSR count). The van der Waals surface area contributed by atoms with Gasteiger partial charge in [0.1, 0.15) is 5.75 Å². The Morgan fingerprint density at radius 3 is 2.43 bits per heavy atom. The molecule has 0 fully saturated rings. The lowest BCUT2D eigenvalue weighted by Crippen LogP contribution is -2.43. The van der Waals surface area contributed by atoms with E-state index in [1.165, 1.54) is 7.11 Å². The quantitative estimate of drug-likeness (QED) is 0.542. The Bertz CT molecular complexity index is 811. The molecule has 0 saturated heterocycles. The molecule has 1 N–H and O–H groups in total. The number of amides is 1. The molecule has 0 saturated carbocycles. The molecule has 0 aromatic heterocycles. The highest BCUT2D eigenvalue weighted by Crippen LogP contribution is 2.17. The summed E-state index contributed by atoms with van der Waals surface area (Å²) < 4.78 is 10.2. The summed E-state index contributed by atoms with van der Waals surface area (Å²) in [7, 11) is 1.51. The predicted octanol–water partition coefficient (Wildman–Crippen LogP) is 3.17. The highest BCUT2D eigenvalue weighted by Gasteiger charge is 2.18. The zero-order valence-electron chi connectivity index (χ0n) is 16.0.